The molecule has 2 aliphatic heterocycles. The SMILES string of the molecule is C[C@H](CCC(=O)OCCOCCOCCOCCOCCOCCOCCOCCO)[C@H]1CC[C@H]2[C@@H]3CC[C@@H]4C[C@H](OC5CCCCO5)CC[C@]4(C)[C@H]3CC(OC3CCCCO3)[C@]12C. The smallest absolute Gasteiger partial charge is 0.305 e. The molecule has 12 atom stereocenters. The summed E-state index contributed by atoms with van der Waals surface area (Å²) in [7, 11) is 0. The summed E-state index contributed by atoms with van der Waals surface area (Å²) in [6.07, 6.45) is 18.1. The Bertz CT molecular complexity index is 1260. The third-order valence-corrected chi connectivity index (χ3v) is 16.1. The summed E-state index contributed by atoms with van der Waals surface area (Å²) in [5.74, 6) is 3.49. The summed E-state index contributed by atoms with van der Waals surface area (Å²) < 4.78 is 70.0. The van der Waals surface area contributed by atoms with Crippen LogP contribution in [-0.4, -0.2) is 155 Å². The van der Waals surface area contributed by atoms with Crippen LogP contribution in [0.4, 0.5) is 0 Å². The quantitative estimate of drug-likeness (QED) is 0.0427. The minimum absolute atomic E-state index is 0.00431. The van der Waals surface area contributed by atoms with Crippen LogP contribution in [0.15, 0.2) is 0 Å². The van der Waals surface area contributed by atoms with Crippen molar-refractivity contribution in [1.82, 2.24) is 0 Å². The molecule has 4 aliphatic carbocycles. The Morgan fingerprint density at radius 3 is 1.70 bits per heavy atom. The molecule has 0 aromatic carbocycles. The number of rotatable bonds is 31. The van der Waals surface area contributed by atoms with Crippen LogP contribution in [0.25, 0.3) is 0 Å². The van der Waals surface area contributed by atoms with Crippen LogP contribution in [0, 0.1) is 46.3 Å². The largest absolute Gasteiger partial charge is 0.463 e. The summed E-state index contributed by atoms with van der Waals surface area (Å²) in [5.41, 5.74) is 0.381. The minimum atomic E-state index is -0.143. The van der Waals surface area contributed by atoms with Crippen LogP contribution in [0.5, 0.6) is 0 Å². The highest BCUT2D eigenvalue weighted by molar-refractivity contribution is 5.69. The summed E-state index contributed by atoms with van der Waals surface area (Å²) in [4.78, 5) is 13.0. The molecule has 6 aliphatic rings. The van der Waals surface area contributed by atoms with Gasteiger partial charge in [-0.3, -0.25) is 4.79 Å². The molecule has 14 heteroatoms. The van der Waals surface area contributed by atoms with Crippen molar-refractivity contribution in [2.24, 2.45) is 46.3 Å². The lowest BCUT2D eigenvalue weighted by Gasteiger charge is -2.63. The summed E-state index contributed by atoms with van der Waals surface area (Å²) in [5, 5.41) is 8.65. The molecule has 6 rings (SSSR count). The molecular weight excluding hydrogens is 825 g/mol. The lowest BCUT2D eigenvalue weighted by Crippen LogP contribution is -2.60. The van der Waals surface area contributed by atoms with E-state index >= 15 is 0 Å². The first kappa shape index (κ1) is 52.4. The fraction of sp³-hybridized carbons (Fsp3) is 0.980. The Kier molecular flexibility index (Phi) is 23.3. The molecule has 2 heterocycles. The Morgan fingerprint density at radius 2 is 1.16 bits per heavy atom. The average Bonchev–Trinajstić information content (AvgIpc) is 3.67. The fourth-order valence-corrected chi connectivity index (χ4v) is 12.8. The lowest BCUT2D eigenvalue weighted by atomic mass is 9.43. The maximum absolute atomic E-state index is 13.0. The summed E-state index contributed by atoms with van der Waals surface area (Å²) in [6.45, 7) is 15.9. The maximum Gasteiger partial charge on any atom is 0.305 e. The zero-order valence-electron chi connectivity index (χ0n) is 40.1. The van der Waals surface area contributed by atoms with Crippen molar-refractivity contribution < 1.29 is 66.7 Å². The van der Waals surface area contributed by atoms with Gasteiger partial charge in [-0.2, -0.15) is 0 Å². The number of hydrogen-bond donors (Lipinski definition) is 1. The standard InChI is InChI=1S/C50H88O14/c1-38(10-15-46(52)60-35-34-59-33-32-58-31-30-57-29-28-56-27-26-55-25-24-54-23-22-53-21-18-51)42-13-14-43-41-12-11-39-36-40(63-47-8-4-6-19-61-47)16-17-49(39,2)44(41)37-45(50(42,43)3)64-48-9-5-7-20-62-48/h38-45,47-48,51H,4-37H2,1-3H3/t38-,39-,40-,41+,42-,43+,44+,45?,47?,48?,49+,50-/m1/s1. The molecule has 0 aromatic heterocycles. The van der Waals surface area contributed by atoms with E-state index in [0.717, 1.165) is 64.1 Å². The molecule has 0 spiro atoms. The number of carbonyl (C=O) groups is 1. The van der Waals surface area contributed by atoms with Crippen molar-refractivity contribution in [3.05, 3.63) is 0 Å². The molecule has 3 unspecified atom stereocenters. The summed E-state index contributed by atoms with van der Waals surface area (Å²) >= 11 is 0. The average molecular weight is 913 g/mol. The lowest BCUT2D eigenvalue weighted by molar-refractivity contribution is -0.260. The van der Waals surface area contributed by atoms with E-state index in [0.29, 0.717) is 140 Å². The van der Waals surface area contributed by atoms with Gasteiger partial charge in [0.25, 0.3) is 0 Å². The molecule has 4 saturated carbocycles. The molecular formula is C50H88O14. The van der Waals surface area contributed by atoms with Crippen LogP contribution in [-0.2, 0) is 61.6 Å². The van der Waals surface area contributed by atoms with Crippen molar-refractivity contribution in [2.75, 3.05) is 119 Å². The van der Waals surface area contributed by atoms with Gasteiger partial charge < -0.3 is 61.9 Å². The van der Waals surface area contributed by atoms with Gasteiger partial charge in [-0.25, -0.2) is 0 Å². The van der Waals surface area contributed by atoms with Crippen molar-refractivity contribution in [1.29, 1.82) is 0 Å². The molecule has 6 fully saturated rings. The number of aliphatic hydroxyl groups is 1. The second kappa shape index (κ2) is 28.5. The number of hydrogen-bond acceptors (Lipinski definition) is 14. The van der Waals surface area contributed by atoms with Crippen LogP contribution >= 0.6 is 0 Å². The molecule has 372 valence electrons. The predicted molar refractivity (Wildman–Crippen MR) is 240 cm³/mol. The van der Waals surface area contributed by atoms with Gasteiger partial charge in [0, 0.05) is 25.0 Å². The van der Waals surface area contributed by atoms with Crippen LogP contribution in [0.1, 0.15) is 124 Å². The topological polar surface area (TPSA) is 148 Å². The molecule has 0 bridgehead atoms. The van der Waals surface area contributed by atoms with Crippen molar-refractivity contribution in [2.45, 2.75) is 148 Å². The number of aliphatic hydroxyl groups excluding tert-OH is 1. The number of fused-ring (bicyclic) bond motifs is 5. The maximum atomic E-state index is 13.0. The Balaban J connectivity index is 0.832. The van der Waals surface area contributed by atoms with Gasteiger partial charge in [-0.1, -0.05) is 20.8 Å². The van der Waals surface area contributed by atoms with Crippen molar-refractivity contribution in [3.8, 4) is 0 Å². The van der Waals surface area contributed by atoms with Gasteiger partial charge in [-0.05, 0) is 137 Å². The summed E-state index contributed by atoms with van der Waals surface area (Å²) in [6, 6.07) is 0. The number of esters is 1. The highest BCUT2D eigenvalue weighted by Gasteiger charge is 2.64. The molecule has 0 radical (unpaired) electrons. The number of carbonyl (C=O) groups excluding carboxylic acids is 1. The first-order valence-electron chi connectivity index (χ1n) is 25.7. The molecule has 64 heavy (non-hydrogen) atoms. The highest BCUT2D eigenvalue weighted by atomic mass is 16.7. The van der Waals surface area contributed by atoms with Gasteiger partial charge >= 0.3 is 5.97 Å². The normalized spacial score (nSPS) is 34.5. The van der Waals surface area contributed by atoms with Gasteiger partial charge in [0.05, 0.1) is 111 Å². The zero-order chi connectivity index (χ0) is 44.9. The van der Waals surface area contributed by atoms with Crippen LogP contribution in [0.2, 0.25) is 0 Å². The van der Waals surface area contributed by atoms with Crippen molar-refractivity contribution >= 4 is 5.97 Å². The van der Waals surface area contributed by atoms with E-state index in [2.05, 4.69) is 20.8 Å². The van der Waals surface area contributed by atoms with E-state index in [1.165, 1.54) is 51.4 Å². The van der Waals surface area contributed by atoms with Gasteiger partial charge in [-0.15, -0.1) is 0 Å². The van der Waals surface area contributed by atoms with Gasteiger partial charge in [0.2, 0.25) is 0 Å². The van der Waals surface area contributed by atoms with E-state index in [1.54, 1.807) is 0 Å². The van der Waals surface area contributed by atoms with E-state index in [-0.39, 0.29) is 43.3 Å². The Hall–Kier alpha value is -1.01. The van der Waals surface area contributed by atoms with E-state index in [9.17, 15) is 4.79 Å². The monoisotopic (exact) mass is 913 g/mol. The fourth-order valence-electron chi connectivity index (χ4n) is 12.8. The predicted octanol–water partition coefficient (Wildman–Crippen LogP) is 7.15. The third kappa shape index (κ3) is 15.5. The molecule has 0 aromatic rings. The second-order valence-corrected chi connectivity index (χ2v) is 19.9. The van der Waals surface area contributed by atoms with Gasteiger partial charge in [0.15, 0.2) is 12.6 Å². The van der Waals surface area contributed by atoms with E-state index in [4.69, 9.17) is 61.9 Å². The van der Waals surface area contributed by atoms with Gasteiger partial charge in [0.1, 0.15) is 6.61 Å². The Morgan fingerprint density at radius 1 is 0.609 bits per heavy atom. The molecule has 0 amide bonds. The minimum Gasteiger partial charge on any atom is -0.463 e. The van der Waals surface area contributed by atoms with Crippen molar-refractivity contribution in [3.63, 3.8) is 0 Å². The van der Waals surface area contributed by atoms with Crippen LogP contribution < -0.4 is 0 Å². The molecule has 14 nitrogen and oxygen atoms in total. The van der Waals surface area contributed by atoms with E-state index in [1.807, 2.05) is 0 Å². The second-order valence-electron chi connectivity index (χ2n) is 19.9. The zero-order valence-corrected chi connectivity index (χ0v) is 40.1. The van der Waals surface area contributed by atoms with E-state index < -0.39 is 0 Å². The number of ether oxygens (including phenoxy) is 12. The molecule has 1 N–H and O–H groups in total. The first-order valence-corrected chi connectivity index (χ1v) is 25.7. The highest BCUT2D eigenvalue weighted by Crippen LogP contribution is 2.69. The molecule has 2 saturated heterocycles. The Labute approximate surface area is 385 Å². The van der Waals surface area contributed by atoms with Crippen LogP contribution in [0.3, 0.4) is 0 Å². The third-order valence-electron chi connectivity index (χ3n) is 16.1. The first-order chi connectivity index (χ1) is 31.3.